The monoisotopic (exact) mass is 302 g/mol. The van der Waals surface area contributed by atoms with Gasteiger partial charge in [0.25, 0.3) is 0 Å². The Labute approximate surface area is 138 Å². The molecule has 0 saturated heterocycles. The number of rotatable bonds is 8. The van der Waals surface area contributed by atoms with E-state index in [2.05, 4.69) is 19.7 Å². The number of hydrogen-bond donors (Lipinski definition) is 0. The standard InChI is InChI=1S/C22H22O/c1-4-10-17-15-16-21(20(12-6-3)19(17)11-5-2)22(23)18-13-8-7-9-14-18/h4-9,13-16H,1-3,10-12H2. The summed E-state index contributed by atoms with van der Waals surface area (Å²) in [5, 5.41) is 0. The first kappa shape index (κ1) is 16.7. The molecule has 0 aliphatic heterocycles. The maximum absolute atomic E-state index is 12.9. The maximum Gasteiger partial charge on any atom is 0.193 e. The Morgan fingerprint density at radius 2 is 1.39 bits per heavy atom. The minimum Gasteiger partial charge on any atom is -0.289 e. The van der Waals surface area contributed by atoms with Crippen molar-refractivity contribution >= 4 is 5.78 Å². The zero-order valence-electron chi connectivity index (χ0n) is 13.4. The van der Waals surface area contributed by atoms with Crippen molar-refractivity contribution in [2.24, 2.45) is 0 Å². The largest absolute Gasteiger partial charge is 0.289 e. The molecule has 0 N–H and O–H groups in total. The summed E-state index contributed by atoms with van der Waals surface area (Å²) in [7, 11) is 0. The fraction of sp³-hybridized carbons (Fsp3) is 0.136. The molecule has 0 radical (unpaired) electrons. The van der Waals surface area contributed by atoms with Gasteiger partial charge in [-0.15, -0.1) is 19.7 Å². The van der Waals surface area contributed by atoms with Gasteiger partial charge >= 0.3 is 0 Å². The third-order valence-corrected chi connectivity index (χ3v) is 3.87. The third-order valence-electron chi connectivity index (χ3n) is 3.87. The molecule has 0 bridgehead atoms. The van der Waals surface area contributed by atoms with Gasteiger partial charge in [-0.2, -0.15) is 0 Å². The lowest BCUT2D eigenvalue weighted by Gasteiger charge is -2.16. The Kier molecular flexibility index (Phi) is 5.87. The Hall–Kier alpha value is -2.67. The highest BCUT2D eigenvalue weighted by molar-refractivity contribution is 6.10. The number of benzene rings is 2. The molecule has 0 aliphatic rings. The van der Waals surface area contributed by atoms with Crippen LogP contribution in [0.1, 0.15) is 32.6 Å². The zero-order valence-corrected chi connectivity index (χ0v) is 13.4. The topological polar surface area (TPSA) is 17.1 Å². The normalized spacial score (nSPS) is 10.1. The molecule has 1 nitrogen and oxygen atoms in total. The molecule has 0 unspecified atom stereocenters. The highest BCUT2D eigenvalue weighted by Gasteiger charge is 2.17. The summed E-state index contributed by atoms with van der Waals surface area (Å²) >= 11 is 0. The Morgan fingerprint density at radius 1 is 0.783 bits per heavy atom. The highest BCUT2D eigenvalue weighted by Crippen LogP contribution is 2.25. The van der Waals surface area contributed by atoms with Crippen LogP contribution in [0.15, 0.2) is 80.4 Å². The summed E-state index contributed by atoms with van der Waals surface area (Å²) in [4.78, 5) is 12.9. The van der Waals surface area contributed by atoms with Crippen LogP contribution in [0.25, 0.3) is 0 Å². The van der Waals surface area contributed by atoms with Crippen molar-refractivity contribution < 1.29 is 4.79 Å². The molecular formula is C22H22O. The Balaban J connectivity index is 2.60. The SMILES string of the molecule is C=CCc1ccc(C(=O)c2ccccc2)c(CC=C)c1CC=C. The van der Waals surface area contributed by atoms with Gasteiger partial charge in [0.05, 0.1) is 0 Å². The smallest absolute Gasteiger partial charge is 0.193 e. The van der Waals surface area contributed by atoms with E-state index in [1.165, 1.54) is 11.1 Å². The fourth-order valence-electron chi connectivity index (χ4n) is 2.82. The molecule has 0 amide bonds. The van der Waals surface area contributed by atoms with Crippen LogP contribution in [0.4, 0.5) is 0 Å². The van der Waals surface area contributed by atoms with E-state index in [0.717, 1.165) is 24.0 Å². The van der Waals surface area contributed by atoms with Crippen molar-refractivity contribution in [2.45, 2.75) is 19.3 Å². The predicted molar refractivity (Wildman–Crippen MR) is 98.0 cm³/mol. The van der Waals surface area contributed by atoms with Crippen LogP contribution in [0.5, 0.6) is 0 Å². The fourth-order valence-corrected chi connectivity index (χ4v) is 2.82. The quantitative estimate of drug-likeness (QED) is 0.489. The second-order valence-corrected chi connectivity index (χ2v) is 5.40. The lowest BCUT2D eigenvalue weighted by Crippen LogP contribution is -2.10. The molecule has 0 atom stereocenters. The van der Waals surface area contributed by atoms with E-state index in [4.69, 9.17) is 0 Å². The average Bonchev–Trinajstić information content (AvgIpc) is 2.58. The van der Waals surface area contributed by atoms with Crippen molar-refractivity contribution in [3.8, 4) is 0 Å². The molecule has 0 fully saturated rings. The van der Waals surface area contributed by atoms with E-state index < -0.39 is 0 Å². The molecule has 0 saturated carbocycles. The summed E-state index contributed by atoms with van der Waals surface area (Å²) in [6.45, 7) is 11.5. The van der Waals surface area contributed by atoms with E-state index in [-0.39, 0.29) is 5.78 Å². The summed E-state index contributed by atoms with van der Waals surface area (Å²) in [6, 6.07) is 13.4. The lowest BCUT2D eigenvalue weighted by atomic mass is 9.87. The highest BCUT2D eigenvalue weighted by atomic mass is 16.1. The lowest BCUT2D eigenvalue weighted by molar-refractivity contribution is 0.103. The van der Waals surface area contributed by atoms with E-state index in [1.807, 2.05) is 60.7 Å². The van der Waals surface area contributed by atoms with Crippen molar-refractivity contribution in [3.05, 3.63) is 108 Å². The maximum atomic E-state index is 12.9. The molecule has 2 aromatic carbocycles. The van der Waals surface area contributed by atoms with Gasteiger partial charge in [0.15, 0.2) is 5.78 Å². The van der Waals surface area contributed by atoms with Crippen LogP contribution < -0.4 is 0 Å². The number of allylic oxidation sites excluding steroid dienone is 3. The van der Waals surface area contributed by atoms with E-state index >= 15 is 0 Å². The molecule has 1 heteroatoms. The van der Waals surface area contributed by atoms with E-state index in [1.54, 1.807) is 0 Å². The molecule has 0 spiro atoms. The minimum atomic E-state index is 0.0536. The van der Waals surface area contributed by atoms with E-state index in [9.17, 15) is 4.79 Å². The van der Waals surface area contributed by atoms with Gasteiger partial charge in [0.2, 0.25) is 0 Å². The van der Waals surface area contributed by atoms with Gasteiger partial charge in [-0.25, -0.2) is 0 Å². The van der Waals surface area contributed by atoms with Crippen LogP contribution >= 0.6 is 0 Å². The van der Waals surface area contributed by atoms with Gasteiger partial charge in [-0.05, 0) is 36.0 Å². The number of carbonyl (C=O) groups is 1. The van der Waals surface area contributed by atoms with Gasteiger partial charge < -0.3 is 0 Å². The molecule has 0 aliphatic carbocycles. The summed E-state index contributed by atoms with van der Waals surface area (Å²) in [6.07, 6.45) is 7.81. The second kappa shape index (κ2) is 8.09. The second-order valence-electron chi connectivity index (χ2n) is 5.40. The van der Waals surface area contributed by atoms with Crippen LogP contribution in [0, 0.1) is 0 Å². The Bertz CT molecular complexity index is 723. The average molecular weight is 302 g/mol. The first-order valence-corrected chi connectivity index (χ1v) is 7.79. The van der Waals surface area contributed by atoms with Gasteiger partial charge in [0, 0.05) is 11.1 Å². The molecule has 2 aromatic rings. The van der Waals surface area contributed by atoms with Crippen LogP contribution in [-0.2, 0) is 19.3 Å². The van der Waals surface area contributed by atoms with Crippen molar-refractivity contribution in [1.82, 2.24) is 0 Å². The molecule has 116 valence electrons. The number of ketones is 1. The van der Waals surface area contributed by atoms with E-state index in [0.29, 0.717) is 12.0 Å². The Morgan fingerprint density at radius 3 is 2.00 bits per heavy atom. The molecular weight excluding hydrogens is 280 g/mol. The first-order valence-electron chi connectivity index (χ1n) is 7.79. The van der Waals surface area contributed by atoms with Crippen LogP contribution in [0.2, 0.25) is 0 Å². The summed E-state index contributed by atoms with van der Waals surface area (Å²) < 4.78 is 0. The summed E-state index contributed by atoms with van der Waals surface area (Å²) in [5.74, 6) is 0.0536. The molecule has 2 rings (SSSR count). The van der Waals surface area contributed by atoms with Gasteiger partial charge in [-0.3, -0.25) is 4.79 Å². The third kappa shape index (κ3) is 3.75. The van der Waals surface area contributed by atoms with Crippen molar-refractivity contribution in [1.29, 1.82) is 0 Å². The predicted octanol–water partition coefficient (Wildman–Crippen LogP) is 5.10. The molecule has 0 aromatic heterocycles. The van der Waals surface area contributed by atoms with Gasteiger partial charge in [-0.1, -0.05) is 60.7 Å². The molecule has 23 heavy (non-hydrogen) atoms. The zero-order chi connectivity index (χ0) is 16.7. The van der Waals surface area contributed by atoms with Crippen molar-refractivity contribution in [2.75, 3.05) is 0 Å². The summed E-state index contributed by atoms with van der Waals surface area (Å²) in [5.41, 5.74) is 4.87. The van der Waals surface area contributed by atoms with Crippen LogP contribution in [0.3, 0.4) is 0 Å². The minimum absolute atomic E-state index is 0.0536. The number of hydrogen-bond acceptors (Lipinski definition) is 1. The van der Waals surface area contributed by atoms with Gasteiger partial charge in [0.1, 0.15) is 0 Å². The molecule has 0 heterocycles. The first-order chi connectivity index (χ1) is 11.2. The number of carbonyl (C=O) groups excluding carboxylic acids is 1. The van der Waals surface area contributed by atoms with Crippen LogP contribution in [-0.4, -0.2) is 5.78 Å². The van der Waals surface area contributed by atoms with Crippen molar-refractivity contribution in [3.63, 3.8) is 0 Å².